The Morgan fingerprint density at radius 1 is 1.12 bits per heavy atom. The molecule has 0 spiro atoms. The van der Waals surface area contributed by atoms with E-state index in [1.54, 1.807) is 17.2 Å². The number of nitrogens with one attached hydrogen (secondary N) is 1. The lowest BCUT2D eigenvalue weighted by Crippen LogP contribution is -2.42. The second-order valence-corrected chi connectivity index (χ2v) is 9.12. The number of nitrogens with zero attached hydrogens (tertiary/aromatic N) is 5. The summed E-state index contributed by atoms with van der Waals surface area (Å²) in [6.45, 7) is 8.37. The largest absolute Gasteiger partial charge is 0.444 e. The van der Waals surface area contributed by atoms with Crippen LogP contribution < -0.4 is 4.90 Å². The third-order valence-corrected chi connectivity index (χ3v) is 5.46. The Bertz CT molecular complexity index is 1160. The lowest BCUT2D eigenvalue weighted by atomic mass is 10.1. The minimum Gasteiger partial charge on any atom is -0.444 e. The number of ether oxygens (including phenoxy) is 1. The minimum atomic E-state index is -0.507. The van der Waals surface area contributed by atoms with Gasteiger partial charge in [0, 0.05) is 55.5 Å². The number of rotatable bonds is 3. The van der Waals surface area contributed by atoms with Gasteiger partial charge in [-0.05, 0) is 51.8 Å². The molecular formula is C23H28N6O4. The van der Waals surface area contributed by atoms with Gasteiger partial charge >= 0.3 is 6.09 Å². The third kappa shape index (κ3) is 5.21. The maximum Gasteiger partial charge on any atom is 0.410 e. The molecule has 0 radical (unpaired) electrons. The molecule has 3 heterocycles. The van der Waals surface area contributed by atoms with Gasteiger partial charge in [-0.3, -0.25) is 15.2 Å². The molecular weight excluding hydrogens is 424 g/mol. The number of non-ortho nitro benzene ring substituents is 1. The lowest BCUT2D eigenvalue weighted by molar-refractivity contribution is -0.384. The number of anilines is 1. The molecule has 0 aliphatic carbocycles. The number of hydrogen-bond acceptors (Lipinski definition) is 7. The van der Waals surface area contributed by atoms with Crippen LogP contribution in [0, 0.1) is 10.1 Å². The summed E-state index contributed by atoms with van der Waals surface area (Å²) in [5, 5.41) is 19.2. The highest BCUT2D eigenvalue weighted by Crippen LogP contribution is 2.30. The van der Waals surface area contributed by atoms with Crippen LogP contribution in [0.5, 0.6) is 0 Å². The van der Waals surface area contributed by atoms with E-state index in [9.17, 15) is 14.9 Å². The predicted octanol–water partition coefficient (Wildman–Crippen LogP) is 4.37. The van der Waals surface area contributed by atoms with Gasteiger partial charge in [-0.25, -0.2) is 9.78 Å². The summed E-state index contributed by atoms with van der Waals surface area (Å²) >= 11 is 0. The number of H-pyrrole nitrogens is 1. The molecule has 1 aliphatic rings. The standard InChI is InChI=1S/C23H28N6O4/c1-23(2,3)33-22(30)28-12-4-10-27(11-5-13-28)20-14-16(8-9-24-20)21-18-15-17(29(31)32)6-7-19(18)25-26-21/h6-9,14-15H,4-5,10-13H2,1-3H3,(H,25,26). The number of aromatic nitrogens is 3. The number of nitro groups is 1. The van der Waals surface area contributed by atoms with E-state index < -0.39 is 10.5 Å². The van der Waals surface area contributed by atoms with Crippen molar-refractivity contribution in [3.63, 3.8) is 0 Å². The van der Waals surface area contributed by atoms with Crippen molar-refractivity contribution in [3.8, 4) is 11.3 Å². The summed E-state index contributed by atoms with van der Waals surface area (Å²) in [7, 11) is 0. The van der Waals surface area contributed by atoms with Crippen molar-refractivity contribution in [1.29, 1.82) is 0 Å². The molecule has 1 amide bonds. The first-order valence-corrected chi connectivity index (χ1v) is 11.0. The van der Waals surface area contributed by atoms with Crippen molar-refractivity contribution >= 4 is 28.5 Å². The van der Waals surface area contributed by atoms with Gasteiger partial charge in [0.1, 0.15) is 17.1 Å². The van der Waals surface area contributed by atoms with Crippen molar-refractivity contribution in [1.82, 2.24) is 20.1 Å². The van der Waals surface area contributed by atoms with Crippen molar-refractivity contribution in [2.24, 2.45) is 0 Å². The number of hydrogen-bond donors (Lipinski definition) is 1. The molecule has 2 aromatic heterocycles. The second kappa shape index (κ2) is 9.05. The summed E-state index contributed by atoms with van der Waals surface area (Å²) in [6.07, 6.45) is 3.05. The number of aromatic amines is 1. The predicted molar refractivity (Wildman–Crippen MR) is 125 cm³/mol. The summed E-state index contributed by atoms with van der Waals surface area (Å²) in [5.74, 6) is 0.819. The molecule has 174 valence electrons. The van der Waals surface area contributed by atoms with Gasteiger partial charge in [-0.2, -0.15) is 5.10 Å². The van der Waals surface area contributed by atoms with Gasteiger partial charge in [-0.15, -0.1) is 0 Å². The SMILES string of the molecule is CC(C)(C)OC(=O)N1CCCN(c2cc(-c3n[nH]c4ccc([N+](=O)[O-])cc34)ccn2)CCC1. The van der Waals surface area contributed by atoms with Crippen molar-refractivity contribution in [3.05, 3.63) is 46.6 Å². The van der Waals surface area contributed by atoms with Crippen LogP contribution >= 0.6 is 0 Å². The summed E-state index contributed by atoms with van der Waals surface area (Å²) in [6, 6.07) is 8.48. The van der Waals surface area contributed by atoms with Crippen LogP contribution in [0.15, 0.2) is 36.5 Å². The van der Waals surface area contributed by atoms with Gasteiger partial charge < -0.3 is 14.5 Å². The summed E-state index contributed by atoms with van der Waals surface area (Å²) in [5.41, 5.74) is 1.75. The maximum absolute atomic E-state index is 12.4. The Labute approximate surface area is 191 Å². The van der Waals surface area contributed by atoms with E-state index in [0.29, 0.717) is 24.2 Å². The highest BCUT2D eigenvalue weighted by molar-refractivity contribution is 5.94. The molecule has 0 saturated carbocycles. The van der Waals surface area contributed by atoms with Gasteiger partial charge in [0.2, 0.25) is 0 Å². The number of pyridine rings is 1. The number of amides is 1. The Kier molecular flexibility index (Phi) is 6.17. The molecule has 1 fully saturated rings. The van der Waals surface area contributed by atoms with E-state index in [1.807, 2.05) is 32.9 Å². The minimum absolute atomic E-state index is 0.0257. The second-order valence-electron chi connectivity index (χ2n) is 9.12. The van der Waals surface area contributed by atoms with Crippen molar-refractivity contribution in [2.45, 2.75) is 39.2 Å². The van der Waals surface area contributed by atoms with Crippen LogP contribution in [0.2, 0.25) is 0 Å². The van der Waals surface area contributed by atoms with E-state index in [0.717, 1.165) is 42.8 Å². The molecule has 1 aliphatic heterocycles. The van der Waals surface area contributed by atoms with Crippen LogP contribution in [0.25, 0.3) is 22.2 Å². The van der Waals surface area contributed by atoms with Crippen molar-refractivity contribution in [2.75, 3.05) is 31.1 Å². The van der Waals surface area contributed by atoms with Gasteiger partial charge in [0.05, 0.1) is 10.4 Å². The Morgan fingerprint density at radius 3 is 2.52 bits per heavy atom. The molecule has 1 saturated heterocycles. The van der Waals surface area contributed by atoms with Gasteiger partial charge in [-0.1, -0.05) is 0 Å². The Morgan fingerprint density at radius 2 is 1.85 bits per heavy atom. The highest BCUT2D eigenvalue weighted by Gasteiger charge is 2.24. The van der Waals surface area contributed by atoms with Crippen LogP contribution in [0.4, 0.5) is 16.3 Å². The average molecular weight is 453 g/mol. The smallest absolute Gasteiger partial charge is 0.410 e. The molecule has 0 atom stereocenters. The first-order chi connectivity index (χ1) is 15.7. The fraction of sp³-hybridized carbons (Fsp3) is 0.435. The van der Waals surface area contributed by atoms with E-state index in [-0.39, 0.29) is 11.8 Å². The van der Waals surface area contributed by atoms with E-state index in [1.165, 1.54) is 12.1 Å². The third-order valence-electron chi connectivity index (χ3n) is 5.46. The first kappa shape index (κ1) is 22.5. The molecule has 33 heavy (non-hydrogen) atoms. The van der Waals surface area contributed by atoms with Gasteiger partial charge in [0.25, 0.3) is 5.69 Å². The highest BCUT2D eigenvalue weighted by atomic mass is 16.6. The number of carbonyl (C=O) groups is 1. The van der Waals surface area contributed by atoms with Crippen LogP contribution in [0.1, 0.15) is 33.6 Å². The van der Waals surface area contributed by atoms with Crippen molar-refractivity contribution < 1.29 is 14.5 Å². The molecule has 0 bridgehead atoms. The fourth-order valence-corrected chi connectivity index (χ4v) is 3.94. The first-order valence-electron chi connectivity index (χ1n) is 11.0. The molecule has 1 aromatic carbocycles. The number of benzene rings is 1. The molecule has 10 heteroatoms. The van der Waals surface area contributed by atoms with Crippen LogP contribution in [-0.2, 0) is 4.74 Å². The molecule has 0 unspecified atom stereocenters. The summed E-state index contributed by atoms with van der Waals surface area (Å²) < 4.78 is 5.51. The van der Waals surface area contributed by atoms with Crippen LogP contribution in [0.3, 0.4) is 0 Å². The zero-order valence-corrected chi connectivity index (χ0v) is 19.1. The fourth-order valence-electron chi connectivity index (χ4n) is 3.94. The quantitative estimate of drug-likeness (QED) is 0.463. The van der Waals surface area contributed by atoms with E-state index in [4.69, 9.17) is 4.74 Å². The Balaban J connectivity index is 1.50. The molecule has 1 N–H and O–H groups in total. The van der Waals surface area contributed by atoms with Crippen LogP contribution in [-0.4, -0.2) is 62.9 Å². The molecule has 3 aromatic rings. The van der Waals surface area contributed by atoms with Gasteiger partial charge in [0.15, 0.2) is 0 Å². The maximum atomic E-state index is 12.4. The zero-order chi connectivity index (χ0) is 23.6. The molecule has 10 nitrogen and oxygen atoms in total. The number of carbonyl (C=O) groups excluding carboxylic acids is 1. The Hall–Kier alpha value is -3.69. The van der Waals surface area contributed by atoms with E-state index >= 15 is 0 Å². The number of nitro benzene ring substituents is 1. The molecule has 4 rings (SSSR count). The number of fused-ring (bicyclic) bond motifs is 1. The lowest BCUT2D eigenvalue weighted by Gasteiger charge is -2.32. The summed E-state index contributed by atoms with van der Waals surface area (Å²) in [4.78, 5) is 31.7. The normalized spacial score (nSPS) is 15.2. The zero-order valence-electron chi connectivity index (χ0n) is 19.1. The average Bonchev–Trinajstić information content (AvgIpc) is 3.15. The topological polar surface area (TPSA) is 117 Å². The van der Waals surface area contributed by atoms with E-state index in [2.05, 4.69) is 20.1 Å². The monoisotopic (exact) mass is 452 g/mol.